The predicted octanol–water partition coefficient (Wildman–Crippen LogP) is 4.05. The van der Waals surface area contributed by atoms with Crippen LogP contribution in [0, 0.1) is 6.92 Å². The molecule has 1 N–H and O–H groups in total. The Hall–Kier alpha value is -2.34. The van der Waals surface area contributed by atoms with Crippen molar-refractivity contribution in [2.24, 2.45) is 0 Å². The highest BCUT2D eigenvalue weighted by Gasteiger charge is 2.22. The van der Waals surface area contributed by atoms with Crippen molar-refractivity contribution in [1.29, 1.82) is 0 Å². The van der Waals surface area contributed by atoms with E-state index in [1.54, 1.807) is 7.11 Å². The van der Waals surface area contributed by atoms with Crippen LogP contribution in [0.3, 0.4) is 0 Å². The number of hydrogen-bond acceptors (Lipinski definition) is 4. The maximum atomic E-state index is 12.6. The SMILES string of the molecule is COc1ccc(-c2cn3c(C)c(C(=O)NC4CCCC4)sc3n2)cc1. The Balaban J connectivity index is 1.60. The van der Waals surface area contributed by atoms with Gasteiger partial charge in [0.2, 0.25) is 0 Å². The van der Waals surface area contributed by atoms with Crippen LogP contribution in [0.2, 0.25) is 0 Å². The lowest BCUT2D eigenvalue weighted by molar-refractivity contribution is 0.0941. The highest BCUT2D eigenvalue weighted by Crippen LogP contribution is 2.28. The van der Waals surface area contributed by atoms with Crippen molar-refractivity contribution < 1.29 is 9.53 Å². The number of thiazole rings is 1. The Labute approximate surface area is 150 Å². The lowest BCUT2D eigenvalue weighted by Gasteiger charge is -2.10. The molecule has 4 rings (SSSR count). The molecule has 130 valence electrons. The number of aryl methyl sites for hydroxylation is 1. The first kappa shape index (κ1) is 16.1. The van der Waals surface area contributed by atoms with Gasteiger partial charge in [0.15, 0.2) is 4.96 Å². The summed E-state index contributed by atoms with van der Waals surface area (Å²) in [6, 6.07) is 8.17. The average Bonchev–Trinajstić information content (AvgIpc) is 3.33. The van der Waals surface area contributed by atoms with Crippen molar-refractivity contribution in [3.63, 3.8) is 0 Å². The first-order valence-electron chi connectivity index (χ1n) is 8.59. The van der Waals surface area contributed by atoms with Gasteiger partial charge in [-0.15, -0.1) is 0 Å². The van der Waals surface area contributed by atoms with Gasteiger partial charge in [-0.3, -0.25) is 9.20 Å². The second-order valence-electron chi connectivity index (χ2n) is 6.48. The Bertz CT molecular complexity index is 905. The fourth-order valence-electron chi connectivity index (χ4n) is 3.38. The van der Waals surface area contributed by atoms with Crippen molar-refractivity contribution in [2.75, 3.05) is 7.11 Å². The van der Waals surface area contributed by atoms with E-state index in [-0.39, 0.29) is 5.91 Å². The number of carbonyl (C=O) groups is 1. The van der Waals surface area contributed by atoms with Crippen LogP contribution in [0.5, 0.6) is 5.75 Å². The number of hydrogen-bond donors (Lipinski definition) is 1. The number of carbonyl (C=O) groups excluding carboxylic acids is 1. The number of ether oxygens (including phenoxy) is 1. The summed E-state index contributed by atoms with van der Waals surface area (Å²) < 4.78 is 7.20. The Morgan fingerprint density at radius 2 is 2.00 bits per heavy atom. The molecule has 2 aromatic heterocycles. The molecule has 3 aromatic rings. The standard InChI is InChI=1S/C19H21N3O2S/c1-12-17(18(23)20-14-5-3-4-6-14)25-19-21-16(11-22(12)19)13-7-9-15(24-2)10-8-13/h7-11,14H,3-6H2,1-2H3,(H,20,23). The second kappa shape index (κ2) is 6.52. The van der Waals surface area contributed by atoms with Crippen LogP contribution in [0.25, 0.3) is 16.2 Å². The quantitative estimate of drug-likeness (QED) is 0.768. The number of methoxy groups -OCH3 is 1. The van der Waals surface area contributed by atoms with Crippen molar-refractivity contribution >= 4 is 22.2 Å². The van der Waals surface area contributed by atoms with Gasteiger partial charge in [-0.1, -0.05) is 24.2 Å². The summed E-state index contributed by atoms with van der Waals surface area (Å²) in [5.74, 6) is 0.859. The van der Waals surface area contributed by atoms with Gasteiger partial charge < -0.3 is 10.1 Å². The highest BCUT2D eigenvalue weighted by atomic mass is 32.1. The molecule has 1 saturated carbocycles. The monoisotopic (exact) mass is 355 g/mol. The summed E-state index contributed by atoms with van der Waals surface area (Å²) in [5.41, 5.74) is 2.88. The van der Waals surface area contributed by atoms with E-state index in [2.05, 4.69) is 5.32 Å². The summed E-state index contributed by atoms with van der Waals surface area (Å²) in [6.45, 7) is 1.98. The molecule has 6 heteroatoms. The average molecular weight is 355 g/mol. The van der Waals surface area contributed by atoms with Gasteiger partial charge in [0.1, 0.15) is 10.6 Å². The van der Waals surface area contributed by atoms with E-state index in [0.717, 1.165) is 45.4 Å². The molecule has 0 saturated heterocycles. The predicted molar refractivity (Wildman–Crippen MR) is 99.5 cm³/mol. The largest absolute Gasteiger partial charge is 0.497 e. The fraction of sp³-hybridized carbons (Fsp3) is 0.368. The molecule has 2 heterocycles. The molecule has 25 heavy (non-hydrogen) atoms. The van der Waals surface area contributed by atoms with Crippen molar-refractivity contribution in [2.45, 2.75) is 38.6 Å². The highest BCUT2D eigenvalue weighted by molar-refractivity contribution is 7.19. The minimum atomic E-state index is 0.0332. The molecule has 1 aromatic carbocycles. The fourth-order valence-corrected chi connectivity index (χ4v) is 4.39. The number of nitrogens with zero attached hydrogens (tertiary/aromatic N) is 2. The van der Waals surface area contributed by atoms with E-state index < -0.39 is 0 Å². The topological polar surface area (TPSA) is 55.6 Å². The maximum Gasteiger partial charge on any atom is 0.263 e. The summed E-state index contributed by atoms with van der Waals surface area (Å²) in [5, 5.41) is 3.16. The number of aromatic nitrogens is 2. The van der Waals surface area contributed by atoms with Gasteiger partial charge in [-0.2, -0.15) is 0 Å². The lowest BCUT2D eigenvalue weighted by atomic mass is 10.2. The lowest BCUT2D eigenvalue weighted by Crippen LogP contribution is -2.32. The molecule has 0 atom stereocenters. The minimum absolute atomic E-state index is 0.0332. The van der Waals surface area contributed by atoms with Crippen LogP contribution >= 0.6 is 11.3 Å². The molecule has 1 aliphatic carbocycles. The third kappa shape index (κ3) is 3.02. The van der Waals surface area contributed by atoms with Crippen LogP contribution in [0.15, 0.2) is 30.5 Å². The summed E-state index contributed by atoms with van der Waals surface area (Å²) in [4.78, 5) is 18.9. The summed E-state index contributed by atoms with van der Waals surface area (Å²) in [7, 11) is 1.66. The Morgan fingerprint density at radius 3 is 2.64 bits per heavy atom. The van der Waals surface area contributed by atoms with Crippen molar-refractivity contribution in [1.82, 2.24) is 14.7 Å². The number of imidazole rings is 1. The number of fused-ring (bicyclic) bond motifs is 1. The Kier molecular flexibility index (Phi) is 4.21. The van der Waals surface area contributed by atoms with Gasteiger partial charge in [0.25, 0.3) is 5.91 Å². The van der Waals surface area contributed by atoms with Crippen LogP contribution in [0.4, 0.5) is 0 Å². The maximum absolute atomic E-state index is 12.6. The normalized spacial score (nSPS) is 15.0. The number of rotatable bonds is 4. The molecule has 1 amide bonds. The molecular weight excluding hydrogens is 334 g/mol. The number of benzene rings is 1. The van der Waals surface area contributed by atoms with Gasteiger partial charge in [0, 0.05) is 23.5 Å². The first-order valence-corrected chi connectivity index (χ1v) is 9.41. The van der Waals surface area contributed by atoms with Gasteiger partial charge in [0.05, 0.1) is 12.8 Å². The van der Waals surface area contributed by atoms with Crippen molar-refractivity contribution in [3.8, 4) is 17.0 Å². The minimum Gasteiger partial charge on any atom is -0.497 e. The molecule has 0 bridgehead atoms. The summed E-state index contributed by atoms with van der Waals surface area (Å²) in [6.07, 6.45) is 6.60. The van der Waals surface area contributed by atoms with Gasteiger partial charge >= 0.3 is 0 Å². The second-order valence-corrected chi connectivity index (χ2v) is 7.46. The molecule has 1 aliphatic rings. The van der Waals surface area contributed by atoms with E-state index in [1.807, 2.05) is 41.8 Å². The van der Waals surface area contributed by atoms with Crippen LogP contribution < -0.4 is 10.1 Å². The van der Waals surface area contributed by atoms with Gasteiger partial charge in [-0.25, -0.2) is 4.98 Å². The first-order chi connectivity index (χ1) is 12.2. The van der Waals surface area contributed by atoms with Crippen LogP contribution in [-0.4, -0.2) is 28.4 Å². The van der Waals surface area contributed by atoms with Gasteiger partial charge in [-0.05, 0) is 44.0 Å². The summed E-state index contributed by atoms with van der Waals surface area (Å²) >= 11 is 1.45. The van der Waals surface area contributed by atoms with E-state index in [9.17, 15) is 4.79 Å². The van der Waals surface area contributed by atoms with E-state index in [0.29, 0.717) is 6.04 Å². The molecule has 5 nitrogen and oxygen atoms in total. The van der Waals surface area contributed by atoms with E-state index in [1.165, 1.54) is 24.2 Å². The number of amides is 1. The van der Waals surface area contributed by atoms with Crippen LogP contribution in [-0.2, 0) is 0 Å². The zero-order chi connectivity index (χ0) is 17.4. The molecular formula is C19H21N3O2S. The van der Waals surface area contributed by atoms with Crippen LogP contribution in [0.1, 0.15) is 41.0 Å². The zero-order valence-corrected chi connectivity index (χ0v) is 15.2. The molecule has 1 fully saturated rings. The third-order valence-corrected chi connectivity index (χ3v) is 5.99. The Morgan fingerprint density at radius 1 is 1.28 bits per heavy atom. The zero-order valence-electron chi connectivity index (χ0n) is 14.4. The molecule has 0 unspecified atom stereocenters. The smallest absolute Gasteiger partial charge is 0.263 e. The van der Waals surface area contributed by atoms with Crippen molar-refractivity contribution in [3.05, 3.63) is 41.0 Å². The van der Waals surface area contributed by atoms with E-state index in [4.69, 9.17) is 9.72 Å². The molecule has 0 aliphatic heterocycles. The van der Waals surface area contributed by atoms with E-state index >= 15 is 0 Å². The molecule has 0 spiro atoms. The molecule has 0 radical (unpaired) electrons. The third-order valence-electron chi connectivity index (χ3n) is 4.84. The number of nitrogens with one attached hydrogen (secondary N) is 1.